The standard InChI is InChI=1S/C11H15Cl2N3OS/c1-15-2-3-16(7(5-14)6-15)11(17)8-4-9(12)18-10(8)13/h4,7H,2-3,5-6,14H2,1H3. The van der Waals surface area contributed by atoms with Gasteiger partial charge in [-0.3, -0.25) is 4.79 Å². The Morgan fingerprint density at radius 2 is 2.28 bits per heavy atom. The molecule has 0 spiro atoms. The first-order valence-corrected chi connectivity index (χ1v) is 7.24. The van der Waals surface area contributed by atoms with Gasteiger partial charge in [0.05, 0.1) is 15.9 Å². The van der Waals surface area contributed by atoms with Gasteiger partial charge >= 0.3 is 0 Å². The van der Waals surface area contributed by atoms with Gasteiger partial charge in [0.15, 0.2) is 0 Å². The van der Waals surface area contributed by atoms with Gasteiger partial charge in [0.1, 0.15) is 4.34 Å². The molecule has 0 bridgehead atoms. The number of hydrogen-bond acceptors (Lipinski definition) is 4. The molecule has 0 aromatic carbocycles. The molecule has 100 valence electrons. The third-order valence-electron chi connectivity index (χ3n) is 3.11. The van der Waals surface area contributed by atoms with Gasteiger partial charge in [-0.1, -0.05) is 23.2 Å². The second-order valence-electron chi connectivity index (χ2n) is 4.39. The van der Waals surface area contributed by atoms with E-state index >= 15 is 0 Å². The highest BCUT2D eigenvalue weighted by Crippen LogP contribution is 2.32. The fourth-order valence-electron chi connectivity index (χ4n) is 2.12. The molecule has 1 amide bonds. The first-order valence-electron chi connectivity index (χ1n) is 5.67. The Balaban J connectivity index is 2.20. The number of nitrogens with zero attached hydrogens (tertiary/aromatic N) is 2. The van der Waals surface area contributed by atoms with Gasteiger partial charge in [0.25, 0.3) is 5.91 Å². The highest BCUT2D eigenvalue weighted by molar-refractivity contribution is 7.20. The number of hydrogen-bond donors (Lipinski definition) is 1. The lowest BCUT2D eigenvalue weighted by molar-refractivity contribution is 0.0516. The molecular formula is C11H15Cl2N3OS. The van der Waals surface area contributed by atoms with E-state index in [1.54, 1.807) is 11.0 Å². The number of rotatable bonds is 2. The van der Waals surface area contributed by atoms with E-state index in [1.807, 2.05) is 7.05 Å². The summed E-state index contributed by atoms with van der Waals surface area (Å²) >= 11 is 13.1. The largest absolute Gasteiger partial charge is 0.332 e. The maximum Gasteiger partial charge on any atom is 0.256 e. The Morgan fingerprint density at radius 3 is 2.83 bits per heavy atom. The van der Waals surface area contributed by atoms with Crippen molar-refractivity contribution in [1.82, 2.24) is 9.80 Å². The summed E-state index contributed by atoms with van der Waals surface area (Å²) in [5.74, 6) is -0.0771. The summed E-state index contributed by atoms with van der Waals surface area (Å²) in [4.78, 5) is 16.4. The van der Waals surface area contributed by atoms with Crippen LogP contribution >= 0.6 is 34.5 Å². The number of nitrogens with two attached hydrogens (primary N) is 1. The number of likely N-dealkylation sites (N-methyl/N-ethyl adjacent to an activating group) is 1. The van der Waals surface area contributed by atoms with Crippen molar-refractivity contribution in [3.63, 3.8) is 0 Å². The molecule has 4 nitrogen and oxygen atoms in total. The van der Waals surface area contributed by atoms with Crippen LogP contribution in [0, 0.1) is 0 Å². The van der Waals surface area contributed by atoms with E-state index < -0.39 is 0 Å². The Hall–Kier alpha value is -0.330. The van der Waals surface area contributed by atoms with E-state index in [1.165, 1.54) is 11.3 Å². The Bertz CT molecular complexity index is 451. The summed E-state index contributed by atoms with van der Waals surface area (Å²) in [6.07, 6.45) is 0. The average Bonchev–Trinajstić information content (AvgIpc) is 2.67. The molecule has 0 radical (unpaired) electrons. The molecule has 2 rings (SSSR count). The summed E-state index contributed by atoms with van der Waals surface area (Å²) in [7, 11) is 2.03. The van der Waals surface area contributed by atoms with E-state index in [0.29, 0.717) is 27.3 Å². The molecule has 1 aromatic rings. The zero-order chi connectivity index (χ0) is 13.3. The summed E-state index contributed by atoms with van der Waals surface area (Å²) < 4.78 is 0.974. The molecule has 2 heterocycles. The van der Waals surface area contributed by atoms with Crippen LogP contribution in [0.5, 0.6) is 0 Å². The fourth-order valence-corrected chi connectivity index (χ4v) is 3.57. The number of carbonyl (C=O) groups is 1. The second-order valence-corrected chi connectivity index (χ2v) is 6.67. The third-order valence-corrected chi connectivity index (χ3v) is 4.59. The van der Waals surface area contributed by atoms with Crippen LogP contribution in [0.4, 0.5) is 0 Å². The van der Waals surface area contributed by atoms with Gasteiger partial charge in [0.2, 0.25) is 0 Å². The molecule has 1 saturated heterocycles. The van der Waals surface area contributed by atoms with Gasteiger partial charge in [-0.25, -0.2) is 0 Å². The molecule has 18 heavy (non-hydrogen) atoms. The molecule has 7 heteroatoms. The number of carbonyl (C=O) groups excluding carboxylic acids is 1. The lowest BCUT2D eigenvalue weighted by Gasteiger charge is -2.39. The van der Waals surface area contributed by atoms with Crippen LogP contribution in [0.2, 0.25) is 8.67 Å². The Kier molecular flexibility index (Phi) is 4.50. The summed E-state index contributed by atoms with van der Waals surface area (Å²) in [5, 5.41) is 0. The quantitative estimate of drug-likeness (QED) is 0.906. The maximum absolute atomic E-state index is 12.4. The van der Waals surface area contributed by atoms with Crippen LogP contribution in [-0.4, -0.2) is 55.0 Å². The van der Waals surface area contributed by atoms with Crippen molar-refractivity contribution in [3.05, 3.63) is 20.3 Å². The monoisotopic (exact) mass is 307 g/mol. The van der Waals surface area contributed by atoms with Crippen molar-refractivity contribution in [2.45, 2.75) is 6.04 Å². The van der Waals surface area contributed by atoms with Crippen molar-refractivity contribution < 1.29 is 4.79 Å². The van der Waals surface area contributed by atoms with Crippen molar-refractivity contribution in [2.24, 2.45) is 5.73 Å². The Morgan fingerprint density at radius 1 is 1.56 bits per heavy atom. The Labute approximate surface area is 120 Å². The summed E-state index contributed by atoms with van der Waals surface area (Å²) in [6.45, 7) is 2.75. The lowest BCUT2D eigenvalue weighted by Crippen LogP contribution is -2.56. The van der Waals surface area contributed by atoms with Crippen LogP contribution in [-0.2, 0) is 0 Å². The fraction of sp³-hybridized carbons (Fsp3) is 0.545. The molecule has 2 N–H and O–H groups in total. The first-order chi connectivity index (χ1) is 8.52. The smallest absolute Gasteiger partial charge is 0.256 e. The van der Waals surface area contributed by atoms with Crippen LogP contribution in [0.25, 0.3) is 0 Å². The maximum atomic E-state index is 12.4. The summed E-state index contributed by atoms with van der Waals surface area (Å²) in [6, 6.07) is 1.66. The minimum atomic E-state index is -0.0771. The predicted molar refractivity (Wildman–Crippen MR) is 75.7 cm³/mol. The van der Waals surface area contributed by atoms with Crippen LogP contribution < -0.4 is 5.73 Å². The second kappa shape index (κ2) is 5.75. The van der Waals surface area contributed by atoms with E-state index in [4.69, 9.17) is 28.9 Å². The number of halogens is 2. The van der Waals surface area contributed by atoms with Gasteiger partial charge < -0.3 is 15.5 Å². The van der Waals surface area contributed by atoms with E-state index in [0.717, 1.165) is 13.1 Å². The molecule has 0 saturated carbocycles. The van der Waals surface area contributed by atoms with Crippen molar-refractivity contribution >= 4 is 40.4 Å². The predicted octanol–water partition coefficient (Wildman–Crippen LogP) is 1.77. The van der Waals surface area contributed by atoms with Crippen molar-refractivity contribution in [3.8, 4) is 0 Å². The van der Waals surface area contributed by atoms with E-state index in [2.05, 4.69) is 4.90 Å². The summed E-state index contributed by atoms with van der Waals surface area (Å²) in [5.41, 5.74) is 6.22. The molecule has 1 unspecified atom stereocenters. The first kappa shape index (κ1) is 14.1. The average molecular weight is 308 g/mol. The molecule has 1 aliphatic heterocycles. The number of amides is 1. The van der Waals surface area contributed by atoms with Gasteiger partial charge in [-0.15, -0.1) is 11.3 Å². The van der Waals surface area contributed by atoms with E-state index in [9.17, 15) is 4.79 Å². The van der Waals surface area contributed by atoms with Crippen LogP contribution in [0.15, 0.2) is 6.07 Å². The minimum Gasteiger partial charge on any atom is -0.332 e. The third kappa shape index (κ3) is 2.81. The zero-order valence-electron chi connectivity index (χ0n) is 10.0. The number of thiophene rings is 1. The van der Waals surface area contributed by atoms with Gasteiger partial charge in [0, 0.05) is 26.2 Å². The molecule has 0 aliphatic carbocycles. The molecule has 1 aromatic heterocycles. The highest BCUT2D eigenvalue weighted by atomic mass is 35.5. The zero-order valence-corrected chi connectivity index (χ0v) is 12.4. The van der Waals surface area contributed by atoms with Crippen molar-refractivity contribution in [2.75, 3.05) is 33.2 Å². The molecule has 1 aliphatic rings. The SMILES string of the molecule is CN1CCN(C(=O)c2cc(Cl)sc2Cl)C(CN)C1. The molecule has 1 fully saturated rings. The van der Waals surface area contributed by atoms with Gasteiger partial charge in [-0.05, 0) is 13.1 Å². The lowest BCUT2D eigenvalue weighted by atomic mass is 10.1. The van der Waals surface area contributed by atoms with Gasteiger partial charge in [-0.2, -0.15) is 0 Å². The molecular weight excluding hydrogens is 293 g/mol. The van der Waals surface area contributed by atoms with Crippen LogP contribution in [0.3, 0.4) is 0 Å². The normalized spacial score (nSPS) is 21.3. The minimum absolute atomic E-state index is 0.0333. The van der Waals surface area contributed by atoms with Crippen molar-refractivity contribution in [1.29, 1.82) is 0 Å². The topological polar surface area (TPSA) is 49.6 Å². The van der Waals surface area contributed by atoms with E-state index in [-0.39, 0.29) is 11.9 Å². The highest BCUT2D eigenvalue weighted by Gasteiger charge is 2.30. The van der Waals surface area contributed by atoms with Crippen LogP contribution in [0.1, 0.15) is 10.4 Å². The molecule has 1 atom stereocenters. The number of piperazine rings is 1.